The zero-order valence-electron chi connectivity index (χ0n) is 12.6. The molecule has 0 fully saturated rings. The fourth-order valence-electron chi connectivity index (χ4n) is 1.90. The fourth-order valence-corrected chi connectivity index (χ4v) is 2.12. The van der Waals surface area contributed by atoms with E-state index in [-0.39, 0.29) is 11.8 Å². The predicted octanol–water partition coefficient (Wildman–Crippen LogP) is 1.94. The summed E-state index contributed by atoms with van der Waals surface area (Å²) in [6.45, 7) is 0.617. The van der Waals surface area contributed by atoms with E-state index in [1.165, 1.54) is 0 Å². The van der Waals surface area contributed by atoms with Crippen LogP contribution in [0.1, 0.15) is 20.7 Å². The summed E-state index contributed by atoms with van der Waals surface area (Å²) in [6.07, 6.45) is 1.56. The summed E-state index contributed by atoms with van der Waals surface area (Å²) in [5.74, 6) is 0.117. The van der Waals surface area contributed by atoms with Crippen molar-refractivity contribution in [2.75, 3.05) is 25.5 Å². The number of hydrogen-bond acceptors (Lipinski definition) is 4. The highest BCUT2D eigenvalue weighted by Crippen LogP contribution is 2.14. The van der Waals surface area contributed by atoms with Gasteiger partial charge >= 0.3 is 0 Å². The Bertz CT molecular complexity index is 706. The average Bonchev–Trinajstić information content (AvgIpc) is 2.58. The maximum absolute atomic E-state index is 12.0. The van der Waals surface area contributed by atoms with Crippen LogP contribution in [0.15, 0.2) is 42.6 Å². The summed E-state index contributed by atoms with van der Waals surface area (Å²) < 4.78 is 0. The van der Waals surface area contributed by atoms with Crippen molar-refractivity contribution in [1.82, 2.24) is 15.6 Å². The van der Waals surface area contributed by atoms with Crippen molar-refractivity contribution in [2.24, 2.45) is 0 Å². The molecule has 120 valence electrons. The van der Waals surface area contributed by atoms with Crippen molar-refractivity contribution in [3.05, 3.63) is 58.7 Å². The van der Waals surface area contributed by atoms with Crippen molar-refractivity contribution < 1.29 is 9.59 Å². The molecule has 0 atom stereocenters. The standard InChI is InChI=1S/C16H17ClN4O2/c1-18-14-10-11(6-7-19-14)15(22)20-8-9-21-16(23)12-4-2-3-5-13(12)17/h2-7,10H,8-9H2,1H3,(H,18,19)(H,20,22)(H,21,23). The molecule has 0 aliphatic heterocycles. The van der Waals surface area contributed by atoms with Crippen molar-refractivity contribution in [3.63, 3.8) is 0 Å². The van der Waals surface area contributed by atoms with E-state index in [4.69, 9.17) is 11.6 Å². The molecule has 7 heteroatoms. The number of carbonyl (C=O) groups excluding carboxylic acids is 2. The number of anilines is 1. The highest BCUT2D eigenvalue weighted by molar-refractivity contribution is 6.33. The minimum absolute atomic E-state index is 0.226. The number of amides is 2. The Morgan fingerprint density at radius 2 is 1.78 bits per heavy atom. The highest BCUT2D eigenvalue weighted by atomic mass is 35.5. The van der Waals surface area contributed by atoms with Gasteiger partial charge in [-0.25, -0.2) is 4.98 Å². The molecule has 0 radical (unpaired) electrons. The molecule has 0 aliphatic carbocycles. The molecular formula is C16H17ClN4O2. The van der Waals surface area contributed by atoms with Gasteiger partial charge in [-0.15, -0.1) is 0 Å². The Morgan fingerprint density at radius 3 is 2.48 bits per heavy atom. The number of nitrogens with one attached hydrogen (secondary N) is 3. The Kier molecular flexibility index (Phi) is 5.94. The quantitative estimate of drug-likeness (QED) is 0.706. The molecule has 1 aromatic heterocycles. The summed E-state index contributed by atoms with van der Waals surface area (Å²) in [6, 6.07) is 10.1. The molecule has 3 N–H and O–H groups in total. The zero-order chi connectivity index (χ0) is 16.7. The summed E-state index contributed by atoms with van der Waals surface area (Å²) in [4.78, 5) is 28.0. The van der Waals surface area contributed by atoms with E-state index in [0.29, 0.717) is 35.1 Å². The number of halogens is 1. The van der Waals surface area contributed by atoms with E-state index in [9.17, 15) is 9.59 Å². The summed E-state index contributed by atoms with van der Waals surface area (Å²) in [7, 11) is 1.73. The molecule has 23 heavy (non-hydrogen) atoms. The topological polar surface area (TPSA) is 83.1 Å². The smallest absolute Gasteiger partial charge is 0.252 e. The Hall–Kier alpha value is -2.60. The lowest BCUT2D eigenvalue weighted by molar-refractivity contribution is 0.0927. The molecule has 1 aromatic carbocycles. The van der Waals surface area contributed by atoms with Gasteiger partial charge in [-0.2, -0.15) is 0 Å². The van der Waals surface area contributed by atoms with Gasteiger partial charge in [-0.1, -0.05) is 23.7 Å². The van der Waals surface area contributed by atoms with Gasteiger partial charge in [0.1, 0.15) is 5.82 Å². The van der Waals surface area contributed by atoms with Crippen LogP contribution in [0.2, 0.25) is 5.02 Å². The first-order chi connectivity index (χ1) is 11.1. The van der Waals surface area contributed by atoms with Crippen molar-refractivity contribution in [2.45, 2.75) is 0 Å². The molecule has 6 nitrogen and oxygen atoms in total. The van der Waals surface area contributed by atoms with E-state index in [1.807, 2.05) is 0 Å². The number of nitrogens with zero attached hydrogens (tertiary/aromatic N) is 1. The van der Waals surface area contributed by atoms with Gasteiger partial charge in [0.2, 0.25) is 0 Å². The van der Waals surface area contributed by atoms with Gasteiger partial charge in [-0.05, 0) is 24.3 Å². The third kappa shape index (κ3) is 4.69. The maximum Gasteiger partial charge on any atom is 0.252 e. The van der Waals surface area contributed by atoms with Crippen LogP contribution in [-0.4, -0.2) is 36.9 Å². The Labute approximate surface area is 139 Å². The molecule has 0 spiro atoms. The largest absolute Gasteiger partial charge is 0.373 e. The van der Waals surface area contributed by atoms with E-state index in [2.05, 4.69) is 20.9 Å². The van der Waals surface area contributed by atoms with Crippen LogP contribution >= 0.6 is 11.6 Å². The minimum atomic E-state index is -0.272. The van der Waals surface area contributed by atoms with Crippen LogP contribution in [0.5, 0.6) is 0 Å². The lowest BCUT2D eigenvalue weighted by Gasteiger charge is -2.08. The van der Waals surface area contributed by atoms with Gasteiger partial charge in [0, 0.05) is 31.9 Å². The molecular weight excluding hydrogens is 316 g/mol. The molecule has 0 saturated heterocycles. The van der Waals surface area contributed by atoms with E-state index < -0.39 is 0 Å². The molecule has 2 amide bonds. The number of rotatable bonds is 6. The SMILES string of the molecule is CNc1cc(C(=O)NCCNC(=O)c2ccccc2Cl)ccn1. The highest BCUT2D eigenvalue weighted by Gasteiger charge is 2.09. The molecule has 0 saturated carbocycles. The van der Waals surface area contributed by atoms with Crippen LogP contribution in [0, 0.1) is 0 Å². The van der Waals surface area contributed by atoms with E-state index >= 15 is 0 Å². The van der Waals surface area contributed by atoms with Gasteiger partial charge in [-0.3, -0.25) is 9.59 Å². The first-order valence-corrected chi connectivity index (χ1v) is 7.44. The predicted molar refractivity (Wildman–Crippen MR) is 89.9 cm³/mol. The van der Waals surface area contributed by atoms with Crippen LogP contribution in [0.3, 0.4) is 0 Å². The van der Waals surface area contributed by atoms with Gasteiger partial charge in [0.05, 0.1) is 10.6 Å². The van der Waals surface area contributed by atoms with E-state index in [1.54, 1.807) is 49.6 Å². The Morgan fingerprint density at radius 1 is 1.09 bits per heavy atom. The molecule has 0 aliphatic rings. The van der Waals surface area contributed by atoms with Crippen LogP contribution in [-0.2, 0) is 0 Å². The lowest BCUT2D eigenvalue weighted by atomic mass is 10.2. The molecule has 0 unspecified atom stereocenters. The van der Waals surface area contributed by atoms with Crippen LogP contribution in [0.4, 0.5) is 5.82 Å². The van der Waals surface area contributed by atoms with E-state index in [0.717, 1.165) is 0 Å². The number of carbonyl (C=O) groups is 2. The van der Waals surface area contributed by atoms with Crippen LogP contribution in [0.25, 0.3) is 0 Å². The molecule has 2 aromatic rings. The van der Waals surface area contributed by atoms with Crippen LogP contribution < -0.4 is 16.0 Å². The van der Waals surface area contributed by atoms with Gasteiger partial charge in [0.25, 0.3) is 11.8 Å². The second-order valence-electron chi connectivity index (χ2n) is 4.67. The van der Waals surface area contributed by atoms with Crippen molar-refractivity contribution in [1.29, 1.82) is 0 Å². The first kappa shape index (κ1) is 16.8. The minimum Gasteiger partial charge on any atom is -0.373 e. The lowest BCUT2D eigenvalue weighted by Crippen LogP contribution is -2.34. The maximum atomic E-state index is 12.0. The summed E-state index contributed by atoms with van der Waals surface area (Å²) in [5, 5.41) is 8.70. The zero-order valence-corrected chi connectivity index (χ0v) is 13.4. The van der Waals surface area contributed by atoms with Crippen molar-refractivity contribution >= 4 is 29.2 Å². The third-order valence-corrected chi connectivity index (χ3v) is 3.42. The molecule has 2 rings (SSSR count). The summed E-state index contributed by atoms with van der Waals surface area (Å²) >= 11 is 5.95. The second-order valence-corrected chi connectivity index (χ2v) is 5.08. The van der Waals surface area contributed by atoms with Crippen molar-refractivity contribution in [3.8, 4) is 0 Å². The number of aromatic nitrogens is 1. The third-order valence-electron chi connectivity index (χ3n) is 3.09. The Balaban J connectivity index is 1.80. The van der Waals surface area contributed by atoms with Gasteiger partial charge in [0.15, 0.2) is 0 Å². The monoisotopic (exact) mass is 332 g/mol. The average molecular weight is 333 g/mol. The number of benzene rings is 1. The number of hydrogen-bond donors (Lipinski definition) is 3. The van der Waals surface area contributed by atoms with Gasteiger partial charge < -0.3 is 16.0 Å². The summed E-state index contributed by atoms with van der Waals surface area (Å²) in [5.41, 5.74) is 0.912. The second kappa shape index (κ2) is 8.14. The first-order valence-electron chi connectivity index (χ1n) is 7.06. The fraction of sp³-hybridized carbons (Fsp3) is 0.188. The normalized spacial score (nSPS) is 10.0. The number of pyridine rings is 1. The molecule has 1 heterocycles. The molecule has 0 bridgehead atoms.